The Balaban J connectivity index is 0.00000127. The van der Waals surface area contributed by atoms with E-state index in [1.807, 2.05) is 3.21 Å². The van der Waals surface area contributed by atoms with E-state index in [0.717, 1.165) is 0 Å². The molecule has 0 spiro atoms. The second kappa shape index (κ2) is 10.3. The first-order valence-electron chi connectivity index (χ1n) is 12.5. The van der Waals surface area contributed by atoms with Gasteiger partial charge in [0.2, 0.25) is 0 Å². The van der Waals surface area contributed by atoms with Crippen LogP contribution in [0.25, 0.3) is 22.3 Å². The number of fused-ring (bicyclic) bond motifs is 6. The number of hydrogen-bond donors (Lipinski definition) is 0. The molecule has 3 aliphatic rings. The third-order valence-electron chi connectivity index (χ3n) is 8.15. The Labute approximate surface area is 228 Å². The van der Waals surface area contributed by atoms with Crippen LogP contribution in [-0.2, 0) is 21.3 Å². The average molecular weight is 575 g/mol. The van der Waals surface area contributed by atoms with Crippen molar-refractivity contribution in [2.75, 3.05) is 0 Å². The van der Waals surface area contributed by atoms with Crippen molar-refractivity contribution in [3.05, 3.63) is 119 Å². The molecule has 1 fully saturated rings. The molecule has 0 aliphatic heterocycles. The first-order valence-corrected chi connectivity index (χ1v) is 16.6. The van der Waals surface area contributed by atoms with Crippen molar-refractivity contribution < 1.29 is 46.1 Å². The van der Waals surface area contributed by atoms with Gasteiger partial charge in [-0.25, -0.2) is 0 Å². The SMILES string of the molecule is [Cl-].[Cl-].c1ccc2c(c1)-c1ccccc1[CH]2[Zr+2](=[C]1CCCCC1)[CH]1c2ccccc2-c2ccccc21. The standard InChI is InChI=1S/2C13H9.C6H10.2ClH.Zr/c2*1-3-7-12-10(5-1)9-11-6-2-4-8-13(11)12;1-2-4-6-5-3-1;;;/h2*1-9H;1-5H2;2*1H;/q;;;;;+2/p-2. The Morgan fingerprint density at radius 2 is 0.743 bits per heavy atom. The fraction of sp³-hybridized carbons (Fsp3) is 0.219. The van der Waals surface area contributed by atoms with Gasteiger partial charge in [-0.2, -0.15) is 0 Å². The Morgan fingerprint density at radius 1 is 0.429 bits per heavy atom. The first kappa shape index (κ1) is 24.9. The molecular weight excluding hydrogens is 546 g/mol. The fourth-order valence-corrected chi connectivity index (χ4v) is 17.7. The van der Waals surface area contributed by atoms with Gasteiger partial charge in [0.05, 0.1) is 0 Å². The van der Waals surface area contributed by atoms with E-state index in [9.17, 15) is 0 Å². The van der Waals surface area contributed by atoms with Gasteiger partial charge in [0.15, 0.2) is 0 Å². The Bertz CT molecular complexity index is 1220. The van der Waals surface area contributed by atoms with Gasteiger partial charge in [0.1, 0.15) is 0 Å². The molecule has 0 atom stereocenters. The average Bonchev–Trinajstić information content (AvgIpc) is 3.39. The molecule has 35 heavy (non-hydrogen) atoms. The summed E-state index contributed by atoms with van der Waals surface area (Å²) in [6, 6.07) is 37.3. The Hall–Kier alpha value is -1.79. The van der Waals surface area contributed by atoms with E-state index >= 15 is 0 Å². The quantitative estimate of drug-likeness (QED) is 0.345. The van der Waals surface area contributed by atoms with E-state index in [2.05, 4.69) is 97.1 Å². The molecule has 4 aromatic rings. The van der Waals surface area contributed by atoms with E-state index < -0.39 is 21.3 Å². The van der Waals surface area contributed by atoms with Crippen LogP contribution in [0.5, 0.6) is 0 Å². The third kappa shape index (κ3) is 3.96. The van der Waals surface area contributed by atoms with Crippen molar-refractivity contribution in [2.45, 2.75) is 39.4 Å². The third-order valence-corrected chi connectivity index (χ3v) is 17.5. The minimum absolute atomic E-state index is 0. The predicted molar refractivity (Wildman–Crippen MR) is 136 cm³/mol. The van der Waals surface area contributed by atoms with Crippen molar-refractivity contribution >= 4 is 3.21 Å². The molecule has 3 heteroatoms. The molecule has 174 valence electrons. The summed E-state index contributed by atoms with van der Waals surface area (Å²) in [6.45, 7) is 0. The summed E-state index contributed by atoms with van der Waals surface area (Å²) >= 11 is -2.26. The van der Waals surface area contributed by atoms with E-state index in [4.69, 9.17) is 0 Å². The van der Waals surface area contributed by atoms with Crippen molar-refractivity contribution in [2.24, 2.45) is 0 Å². The number of rotatable bonds is 2. The van der Waals surface area contributed by atoms with Crippen LogP contribution in [0.3, 0.4) is 0 Å². The maximum atomic E-state index is 2.46. The number of halogens is 2. The Kier molecular flexibility index (Phi) is 7.32. The van der Waals surface area contributed by atoms with Crippen LogP contribution in [0.1, 0.15) is 61.6 Å². The molecule has 0 N–H and O–H groups in total. The zero-order valence-corrected chi connectivity index (χ0v) is 23.7. The second-order valence-corrected chi connectivity index (χ2v) is 16.6. The molecule has 3 aliphatic carbocycles. The first-order chi connectivity index (χ1) is 16.4. The predicted octanol–water partition coefficient (Wildman–Crippen LogP) is 2.29. The molecule has 0 heterocycles. The summed E-state index contributed by atoms with van der Waals surface area (Å²) in [4.78, 5) is 0. The molecule has 0 unspecified atom stereocenters. The van der Waals surface area contributed by atoms with Gasteiger partial charge in [-0.3, -0.25) is 0 Å². The van der Waals surface area contributed by atoms with Gasteiger partial charge >= 0.3 is 205 Å². The van der Waals surface area contributed by atoms with Crippen LogP contribution < -0.4 is 24.8 Å². The van der Waals surface area contributed by atoms with Gasteiger partial charge in [0.25, 0.3) is 0 Å². The van der Waals surface area contributed by atoms with Gasteiger partial charge in [-0.1, -0.05) is 0 Å². The summed E-state index contributed by atoms with van der Waals surface area (Å²) in [5.74, 6) is 0. The van der Waals surface area contributed by atoms with Gasteiger partial charge < -0.3 is 24.8 Å². The number of benzene rings is 4. The Morgan fingerprint density at radius 3 is 1.09 bits per heavy atom. The van der Waals surface area contributed by atoms with Crippen LogP contribution in [0.2, 0.25) is 0 Å². The van der Waals surface area contributed by atoms with E-state index in [1.54, 1.807) is 22.3 Å². The minimum atomic E-state index is -2.26. The molecule has 0 amide bonds. The fourth-order valence-electron chi connectivity index (χ4n) is 6.82. The number of hydrogen-bond acceptors (Lipinski definition) is 0. The molecule has 0 nitrogen and oxygen atoms in total. The van der Waals surface area contributed by atoms with Crippen LogP contribution in [0, 0.1) is 0 Å². The molecule has 1 saturated carbocycles. The van der Waals surface area contributed by atoms with E-state index in [-0.39, 0.29) is 24.8 Å². The molecule has 0 saturated heterocycles. The molecular formula is C32H28Cl2Zr. The van der Waals surface area contributed by atoms with Crippen molar-refractivity contribution in [3.63, 3.8) is 0 Å². The molecule has 0 radical (unpaired) electrons. The van der Waals surface area contributed by atoms with Gasteiger partial charge in [-0.15, -0.1) is 0 Å². The monoisotopic (exact) mass is 572 g/mol. The van der Waals surface area contributed by atoms with Crippen molar-refractivity contribution in [1.82, 2.24) is 0 Å². The zero-order chi connectivity index (χ0) is 21.8. The normalized spacial score (nSPS) is 15.6. The summed E-state index contributed by atoms with van der Waals surface area (Å²) in [5.41, 5.74) is 12.4. The molecule has 0 aromatic heterocycles. The zero-order valence-electron chi connectivity index (χ0n) is 19.7. The van der Waals surface area contributed by atoms with Gasteiger partial charge in [-0.05, 0) is 0 Å². The second-order valence-electron chi connectivity index (χ2n) is 9.83. The summed E-state index contributed by atoms with van der Waals surface area (Å²) in [7, 11) is 0. The van der Waals surface area contributed by atoms with E-state index in [0.29, 0.717) is 7.25 Å². The summed E-state index contributed by atoms with van der Waals surface area (Å²) < 4.78 is 3.24. The summed E-state index contributed by atoms with van der Waals surface area (Å²) in [5, 5.41) is 0. The van der Waals surface area contributed by atoms with Gasteiger partial charge in [0, 0.05) is 0 Å². The van der Waals surface area contributed by atoms with Crippen LogP contribution in [0.4, 0.5) is 0 Å². The topological polar surface area (TPSA) is 0 Å². The summed E-state index contributed by atoms with van der Waals surface area (Å²) in [6.07, 6.45) is 6.94. The van der Waals surface area contributed by atoms with Crippen molar-refractivity contribution in [1.29, 1.82) is 0 Å². The van der Waals surface area contributed by atoms with E-state index in [1.165, 1.54) is 54.4 Å². The molecule has 4 aromatic carbocycles. The van der Waals surface area contributed by atoms with Crippen LogP contribution in [0.15, 0.2) is 97.1 Å². The molecule has 7 rings (SSSR count). The van der Waals surface area contributed by atoms with Crippen LogP contribution >= 0.6 is 0 Å². The van der Waals surface area contributed by atoms with Crippen molar-refractivity contribution in [3.8, 4) is 22.3 Å². The van der Waals surface area contributed by atoms with Crippen LogP contribution in [-0.4, -0.2) is 3.21 Å². The molecule has 0 bridgehead atoms. The maximum absolute atomic E-state index is 2.46.